The van der Waals surface area contributed by atoms with Crippen molar-refractivity contribution < 1.29 is 22.7 Å². The number of benzene rings is 1. The Balaban J connectivity index is 1.63. The Bertz CT molecular complexity index is 1020. The van der Waals surface area contributed by atoms with Crippen LogP contribution >= 0.6 is 0 Å². The number of hydrogen-bond acceptors (Lipinski definition) is 4. The molecule has 0 spiro atoms. The summed E-state index contributed by atoms with van der Waals surface area (Å²) in [6.45, 7) is 1.08. The van der Waals surface area contributed by atoms with Crippen LogP contribution in [-0.4, -0.2) is 33.9 Å². The Morgan fingerprint density at radius 3 is 2.62 bits per heavy atom. The van der Waals surface area contributed by atoms with Gasteiger partial charge in [0.25, 0.3) is 5.91 Å². The van der Waals surface area contributed by atoms with Gasteiger partial charge in [-0.1, -0.05) is 6.07 Å². The molecule has 0 saturated carbocycles. The van der Waals surface area contributed by atoms with Crippen LogP contribution in [0, 0.1) is 0 Å². The maximum absolute atomic E-state index is 13.1. The average molecular weight is 399 g/mol. The van der Waals surface area contributed by atoms with Crippen molar-refractivity contribution >= 4 is 5.91 Å². The Morgan fingerprint density at radius 2 is 1.93 bits per heavy atom. The summed E-state index contributed by atoms with van der Waals surface area (Å²) in [5.74, 6) is 0.214. The van der Waals surface area contributed by atoms with Crippen molar-refractivity contribution in [2.75, 3.05) is 13.2 Å². The predicted octanol–water partition coefficient (Wildman–Crippen LogP) is 4.20. The third kappa shape index (κ3) is 4.06. The first-order valence-corrected chi connectivity index (χ1v) is 8.91. The van der Waals surface area contributed by atoms with Crippen LogP contribution in [0.15, 0.2) is 60.9 Å². The fraction of sp³-hybridized carbons (Fsp3) is 0.190. The predicted molar refractivity (Wildman–Crippen MR) is 99.1 cm³/mol. The standard InChI is InChI=1S/C21H16F3N3O2/c22-21(23,24)15-5-6-18(26-12-15)14-4-7-19-17(11-14)20(28)27(9-10-29-19)13-16-3-1-2-8-25-16/h1-8,11-12H,9-10,13H2. The number of halogens is 3. The van der Waals surface area contributed by atoms with Crippen molar-refractivity contribution in [3.8, 4) is 17.0 Å². The normalized spacial score (nSPS) is 14.2. The van der Waals surface area contributed by atoms with E-state index in [1.165, 1.54) is 6.07 Å². The molecular formula is C21H16F3N3O2. The molecule has 5 nitrogen and oxygen atoms in total. The van der Waals surface area contributed by atoms with Crippen molar-refractivity contribution in [3.05, 3.63) is 77.7 Å². The molecule has 3 heterocycles. The van der Waals surface area contributed by atoms with Gasteiger partial charge in [0.1, 0.15) is 12.4 Å². The maximum Gasteiger partial charge on any atom is 0.417 e. The monoisotopic (exact) mass is 399 g/mol. The second-order valence-electron chi connectivity index (χ2n) is 6.54. The Hall–Kier alpha value is -3.42. The second kappa shape index (κ2) is 7.54. The van der Waals surface area contributed by atoms with Crippen LogP contribution < -0.4 is 4.74 Å². The summed E-state index contributed by atoms with van der Waals surface area (Å²) < 4.78 is 44.0. The molecule has 0 unspecified atom stereocenters. The molecule has 0 aliphatic carbocycles. The number of ether oxygens (including phenoxy) is 1. The summed E-state index contributed by atoms with van der Waals surface area (Å²) in [4.78, 5) is 22.9. The average Bonchev–Trinajstić information content (AvgIpc) is 2.87. The van der Waals surface area contributed by atoms with Crippen molar-refractivity contribution in [2.24, 2.45) is 0 Å². The fourth-order valence-electron chi connectivity index (χ4n) is 3.09. The number of carbonyl (C=O) groups is 1. The first-order chi connectivity index (χ1) is 13.9. The molecule has 3 aromatic rings. The Morgan fingerprint density at radius 1 is 1.07 bits per heavy atom. The lowest BCUT2D eigenvalue weighted by Crippen LogP contribution is -2.32. The molecule has 2 aromatic heterocycles. The van der Waals surface area contributed by atoms with E-state index in [4.69, 9.17) is 4.74 Å². The molecule has 0 bridgehead atoms. The number of hydrogen-bond donors (Lipinski definition) is 0. The van der Waals surface area contributed by atoms with Crippen LogP contribution in [0.1, 0.15) is 21.6 Å². The van der Waals surface area contributed by atoms with Crippen LogP contribution in [-0.2, 0) is 12.7 Å². The smallest absolute Gasteiger partial charge is 0.417 e. The maximum atomic E-state index is 13.1. The van der Waals surface area contributed by atoms with Gasteiger partial charge in [0, 0.05) is 18.0 Å². The SMILES string of the molecule is O=C1c2cc(-c3ccc(C(F)(F)F)cn3)ccc2OCCN1Cc1ccccn1. The van der Waals surface area contributed by atoms with Gasteiger partial charge >= 0.3 is 6.18 Å². The molecule has 1 aromatic carbocycles. The zero-order valence-electron chi connectivity index (χ0n) is 15.2. The van der Waals surface area contributed by atoms with E-state index in [1.54, 1.807) is 35.4 Å². The van der Waals surface area contributed by atoms with Crippen molar-refractivity contribution in [1.29, 1.82) is 0 Å². The lowest BCUT2D eigenvalue weighted by atomic mass is 10.0. The molecule has 1 amide bonds. The van der Waals surface area contributed by atoms with Crippen LogP contribution in [0.5, 0.6) is 5.75 Å². The lowest BCUT2D eigenvalue weighted by Gasteiger charge is -2.19. The number of amides is 1. The van der Waals surface area contributed by atoms with Crippen LogP contribution in [0.2, 0.25) is 0 Å². The Kier molecular flexibility index (Phi) is 4.92. The van der Waals surface area contributed by atoms with Crippen molar-refractivity contribution in [1.82, 2.24) is 14.9 Å². The van der Waals surface area contributed by atoms with Crippen LogP contribution in [0.4, 0.5) is 13.2 Å². The van der Waals surface area contributed by atoms with Crippen molar-refractivity contribution in [3.63, 3.8) is 0 Å². The van der Waals surface area contributed by atoms with E-state index in [-0.39, 0.29) is 5.91 Å². The van der Waals surface area contributed by atoms with E-state index in [9.17, 15) is 18.0 Å². The van der Waals surface area contributed by atoms with Gasteiger partial charge in [-0.3, -0.25) is 14.8 Å². The number of pyridine rings is 2. The molecule has 1 aliphatic rings. The molecule has 4 rings (SSSR count). The van der Waals surface area contributed by atoms with Gasteiger partial charge in [-0.05, 0) is 42.5 Å². The van der Waals surface area contributed by atoms with Gasteiger partial charge < -0.3 is 9.64 Å². The third-order valence-corrected chi connectivity index (χ3v) is 4.58. The van der Waals surface area contributed by atoms with Gasteiger partial charge in [0.2, 0.25) is 0 Å². The first kappa shape index (κ1) is 18.9. The summed E-state index contributed by atoms with van der Waals surface area (Å²) in [5.41, 5.74) is 1.16. The van der Waals surface area contributed by atoms with E-state index < -0.39 is 11.7 Å². The van der Waals surface area contributed by atoms with E-state index in [0.717, 1.165) is 18.0 Å². The summed E-state index contributed by atoms with van der Waals surface area (Å²) in [7, 11) is 0. The van der Waals surface area contributed by atoms with Gasteiger partial charge in [0.05, 0.1) is 35.6 Å². The number of alkyl halides is 3. The number of aromatic nitrogens is 2. The highest BCUT2D eigenvalue weighted by Gasteiger charge is 2.31. The first-order valence-electron chi connectivity index (χ1n) is 8.91. The minimum absolute atomic E-state index is 0.225. The zero-order valence-corrected chi connectivity index (χ0v) is 15.2. The second-order valence-corrected chi connectivity index (χ2v) is 6.54. The van der Waals surface area contributed by atoms with Gasteiger partial charge in [-0.15, -0.1) is 0 Å². The molecule has 148 valence electrons. The highest BCUT2D eigenvalue weighted by molar-refractivity contribution is 5.98. The molecule has 8 heteroatoms. The number of rotatable bonds is 3. The van der Waals surface area contributed by atoms with Crippen LogP contribution in [0.3, 0.4) is 0 Å². The number of carbonyl (C=O) groups excluding carboxylic acids is 1. The van der Waals surface area contributed by atoms with Crippen molar-refractivity contribution in [2.45, 2.75) is 12.7 Å². The molecule has 1 aliphatic heterocycles. The van der Waals surface area contributed by atoms with Gasteiger partial charge in [-0.2, -0.15) is 13.2 Å². The topological polar surface area (TPSA) is 55.3 Å². The quantitative estimate of drug-likeness (QED) is 0.663. The zero-order chi connectivity index (χ0) is 20.4. The van der Waals surface area contributed by atoms with Gasteiger partial charge in [0.15, 0.2) is 0 Å². The highest BCUT2D eigenvalue weighted by Crippen LogP contribution is 2.32. The van der Waals surface area contributed by atoms with E-state index in [2.05, 4.69) is 9.97 Å². The number of fused-ring (bicyclic) bond motifs is 1. The van der Waals surface area contributed by atoms with Crippen LogP contribution in [0.25, 0.3) is 11.3 Å². The van der Waals surface area contributed by atoms with E-state index in [0.29, 0.717) is 42.3 Å². The largest absolute Gasteiger partial charge is 0.491 e. The fourth-order valence-corrected chi connectivity index (χ4v) is 3.09. The molecule has 29 heavy (non-hydrogen) atoms. The number of nitrogens with zero attached hydrogens (tertiary/aromatic N) is 3. The highest BCUT2D eigenvalue weighted by atomic mass is 19.4. The molecule has 0 fully saturated rings. The lowest BCUT2D eigenvalue weighted by molar-refractivity contribution is -0.137. The van der Waals surface area contributed by atoms with Gasteiger partial charge in [-0.25, -0.2) is 0 Å². The Labute approximate surface area is 164 Å². The van der Waals surface area contributed by atoms with E-state index >= 15 is 0 Å². The van der Waals surface area contributed by atoms with E-state index in [1.807, 2.05) is 12.1 Å². The summed E-state index contributed by atoms with van der Waals surface area (Å²) in [5, 5.41) is 0. The molecule has 0 N–H and O–H groups in total. The molecule has 0 saturated heterocycles. The molecular weight excluding hydrogens is 383 g/mol. The minimum Gasteiger partial charge on any atom is -0.491 e. The third-order valence-electron chi connectivity index (χ3n) is 4.58. The summed E-state index contributed by atoms with van der Waals surface area (Å²) >= 11 is 0. The molecule has 0 atom stereocenters. The summed E-state index contributed by atoms with van der Waals surface area (Å²) in [6.07, 6.45) is -2.00. The minimum atomic E-state index is -4.45. The summed E-state index contributed by atoms with van der Waals surface area (Å²) in [6, 6.07) is 12.7. The molecule has 0 radical (unpaired) electrons.